The van der Waals surface area contributed by atoms with Crippen LogP contribution in [0.3, 0.4) is 0 Å². The number of aromatic nitrogens is 1. The monoisotopic (exact) mass is 314 g/mol. The van der Waals surface area contributed by atoms with E-state index < -0.39 is 17.8 Å². The molecule has 6 nitrogen and oxygen atoms in total. The topological polar surface area (TPSA) is 92.2 Å². The lowest BCUT2D eigenvalue weighted by Crippen LogP contribution is -2.48. The average molecular weight is 314 g/mol. The zero-order valence-electron chi connectivity index (χ0n) is 12.5. The molecule has 2 aromatic rings. The Labute approximate surface area is 132 Å². The summed E-state index contributed by atoms with van der Waals surface area (Å²) in [6, 6.07) is 4.85. The molecule has 0 spiro atoms. The number of carbonyl (C=O) groups excluding carboxylic acids is 1. The van der Waals surface area contributed by atoms with Gasteiger partial charge in [-0.2, -0.15) is 5.26 Å². The van der Waals surface area contributed by atoms with Crippen LogP contribution in [0.15, 0.2) is 18.3 Å². The summed E-state index contributed by atoms with van der Waals surface area (Å²) in [6.07, 6.45) is 0.713. The largest absolute Gasteiger partial charge is 0.367 e. The predicted molar refractivity (Wildman–Crippen MR) is 82.3 cm³/mol. The first-order valence-electron chi connectivity index (χ1n) is 7.16. The van der Waals surface area contributed by atoms with Crippen LogP contribution in [0, 0.1) is 24.1 Å². The number of primary amides is 1. The van der Waals surface area contributed by atoms with E-state index in [-0.39, 0.29) is 6.54 Å². The molecule has 1 unspecified atom stereocenters. The molecule has 1 fully saturated rings. The number of benzene rings is 1. The maximum absolute atomic E-state index is 13.9. The molecule has 2 heterocycles. The Morgan fingerprint density at radius 1 is 1.57 bits per heavy atom. The van der Waals surface area contributed by atoms with Gasteiger partial charge in [0.25, 0.3) is 0 Å². The number of amides is 1. The Morgan fingerprint density at radius 3 is 3.04 bits per heavy atom. The van der Waals surface area contributed by atoms with Gasteiger partial charge in [0, 0.05) is 18.1 Å². The van der Waals surface area contributed by atoms with Gasteiger partial charge in [-0.05, 0) is 24.6 Å². The number of anilines is 1. The van der Waals surface area contributed by atoms with E-state index in [4.69, 9.17) is 10.5 Å². The van der Waals surface area contributed by atoms with Crippen molar-refractivity contribution in [1.82, 2.24) is 4.98 Å². The fourth-order valence-corrected chi connectivity index (χ4v) is 2.87. The number of nitrogens with zero attached hydrogens (tertiary/aromatic N) is 3. The third kappa shape index (κ3) is 2.69. The van der Waals surface area contributed by atoms with E-state index in [0.29, 0.717) is 40.9 Å². The summed E-state index contributed by atoms with van der Waals surface area (Å²) in [4.78, 5) is 17.5. The highest BCUT2D eigenvalue weighted by atomic mass is 19.1. The smallest absolute Gasteiger partial charge is 0.248 e. The summed E-state index contributed by atoms with van der Waals surface area (Å²) in [5.41, 5.74) is 7.51. The Morgan fingerprint density at radius 2 is 2.35 bits per heavy atom. The van der Waals surface area contributed by atoms with Gasteiger partial charge in [-0.25, -0.2) is 4.39 Å². The normalized spacial score (nSPS) is 18.0. The number of aryl methyl sites for hydroxylation is 1. The molecule has 23 heavy (non-hydrogen) atoms. The second-order valence-corrected chi connectivity index (χ2v) is 5.46. The maximum Gasteiger partial charge on any atom is 0.248 e. The fraction of sp³-hybridized carbons (Fsp3) is 0.312. The fourth-order valence-electron chi connectivity index (χ4n) is 2.87. The lowest BCUT2D eigenvalue weighted by atomic mass is 10.0. The van der Waals surface area contributed by atoms with Crippen molar-refractivity contribution in [1.29, 1.82) is 5.26 Å². The third-order valence-corrected chi connectivity index (χ3v) is 3.92. The minimum absolute atomic E-state index is 0.221. The van der Waals surface area contributed by atoms with Crippen molar-refractivity contribution < 1.29 is 13.9 Å². The molecule has 1 aliphatic rings. The molecule has 1 amide bonds. The van der Waals surface area contributed by atoms with Crippen LogP contribution in [0.25, 0.3) is 10.9 Å². The summed E-state index contributed by atoms with van der Waals surface area (Å²) in [5, 5.41) is 9.94. The van der Waals surface area contributed by atoms with Gasteiger partial charge < -0.3 is 15.4 Å². The van der Waals surface area contributed by atoms with Crippen LogP contribution >= 0.6 is 0 Å². The van der Waals surface area contributed by atoms with Crippen molar-refractivity contribution in [2.75, 3.05) is 24.6 Å². The number of fused-ring (bicyclic) bond motifs is 1. The molecule has 2 N–H and O–H groups in total. The molecule has 1 aromatic heterocycles. The molecule has 0 aliphatic carbocycles. The van der Waals surface area contributed by atoms with E-state index in [1.807, 2.05) is 4.90 Å². The maximum atomic E-state index is 13.9. The first kappa shape index (κ1) is 15.2. The van der Waals surface area contributed by atoms with Crippen molar-refractivity contribution in [3.63, 3.8) is 0 Å². The summed E-state index contributed by atoms with van der Waals surface area (Å²) in [5.74, 6) is -0.957. The Balaban J connectivity index is 2.18. The van der Waals surface area contributed by atoms with Gasteiger partial charge in [-0.15, -0.1) is 0 Å². The van der Waals surface area contributed by atoms with Crippen molar-refractivity contribution in [3.05, 3.63) is 35.3 Å². The minimum Gasteiger partial charge on any atom is -0.367 e. The summed E-state index contributed by atoms with van der Waals surface area (Å²) in [6.45, 7) is 2.77. The lowest BCUT2D eigenvalue weighted by molar-refractivity contribution is -0.130. The molecule has 0 bridgehead atoms. The second-order valence-electron chi connectivity index (χ2n) is 5.46. The number of nitrogens with two attached hydrogens (primary N) is 1. The van der Waals surface area contributed by atoms with E-state index in [0.717, 1.165) is 0 Å². The summed E-state index contributed by atoms with van der Waals surface area (Å²) in [7, 11) is 0. The number of hydrogen-bond donors (Lipinski definition) is 1. The highest BCUT2D eigenvalue weighted by molar-refractivity contribution is 5.96. The average Bonchev–Trinajstić information content (AvgIpc) is 2.53. The third-order valence-electron chi connectivity index (χ3n) is 3.92. The zero-order chi connectivity index (χ0) is 16.6. The number of ether oxygens (including phenoxy) is 1. The molecule has 3 rings (SSSR count). The molecule has 118 valence electrons. The van der Waals surface area contributed by atoms with Gasteiger partial charge in [-0.3, -0.25) is 9.78 Å². The van der Waals surface area contributed by atoms with Crippen LogP contribution in [-0.4, -0.2) is 36.7 Å². The zero-order valence-corrected chi connectivity index (χ0v) is 12.5. The Bertz CT molecular complexity index is 831. The summed E-state index contributed by atoms with van der Waals surface area (Å²) < 4.78 is 19.2. The number of pyridine rings is 1. The van der Waals surface area contributed by atoms with Gasteiger partial charge in [0.2, 0.25) is 5.91 Å². The van der Waals surface area contributed by atoms with Crippen molar-refractivity contribution in [2.24, 2.45) is 5.73 Å². The van der Waals surface area contributed by atoms with Crippen molar-refractivity contribution >= 4 is 22.5 Å². The highest BCUT2D eigenvalue weighted by Gasteiger charge is 2.27. The van der Waals surface area contributed by atoms with E-state index in [9.17, 15) is 14.4 Å². The molecule has 1 saturated heterocycles. The quantitative estimate of drug-likeness (QED) is 0.900. The Kier molecular flexibility index (Phi) is 3.84. The molecular weight excluding hydrogens is 299 g/mol. The van der Waals surface area contributed by atoms with Gasteiger partial charge in [0.15, 0.2) is 6.10 Å². The van der Waals surface area contributed by atoms with Crippen LogP contribution in [0.2, 0.25) is 0 Å². The van der Waals surface area contributed by atoms with Crippen LogP contribution in [-0.2, 0) is 9.53 Å². The number of nitriles is 1. The predicted octanol–water partition coefficient (Wildman–Crippen LogP) is 1.24. The van der Waals surface area contributed by atoms with Crippen molar-refractivity contribution in [3.8, 4) is 6.07 Å². The van der Waals surface area contributed by atoms with E-state index in [2.05, 4.69) is 11.1 Å². The molecular formula is C16H15FN4O2. The SMILES string of the molecule is Cc1cc(F)cc2c(N3CCOC(C(N)=O)C3)c(C#N)cnc12. The first-order chi connectivity index (χ1) is 11.0. The minimum atomic E-state index is -0.756. The van der Waals surface area contributed by atoms with E-state index in [1.165, 1.54) is 18.3 Å². The van der Waals surface area contributed by atoms with Crippen LogP contribution in [0.1, 0.15) is 11.1 Å². The number of morpholine rings is 1. The molecule has 0 saturated carbocycles. The van der Waals surface area contributed by atoms with Gasteiger partial charge in [0.1, 0.15) is 11.9 Å². The van der Waals surface area contributed by atoms with Gasteiger partial charge in [0.05, 0.1) is 29.9 Å². The molecule has 1 aromatic carbocycles. The summed E-state index contributed by atoms with van der Waals surface area (Å²) >= 11 is 0. The van der Waals surface area contributed by atoms with Gasteiger partial charge >= 0.3 is 0 Å². The number of rotatable bonds is 2. The first-order valence-corrected chi connectivity index (χ1v) is 7.16. The van der Waals surface area contributed by atoms with Crippen LogP contribution in [0.4, 0.5) is 10.1 Å². The van der Waals surface area contributed by atoms with Gasteiger partial charge in [-0.1, -0.05) is 0 Å². The second kappa shape index (κ2) is 5.82. The molecule has 0 radical (unpaired) electrons. The standard InChI is InChI=1S/C16H15FN4O2/c1-9-4-11(17)5-12-14(9)20-7-10(6-18)15(12)21-2-3-23-13(8-21)16(19)22/h4-5,7,13H,2-3,8H2,1H3,(H2,19,22). The van der Waals surface area contributed by atoms with Crippen LogP contribution < -0.4 is 10.6 Å². The lowest BCUT2D eigenvalue weighted by Gasteiger charge is -2.34. The Hall–Kier alpha value is -2.72. The van der Waals surface area contributed by atoms with E-state index >= 15 is 0 Å². The molecule has 1 atom stereocenters. The van der Waals surface area contributed by atoms with Crippen LogP contribution in [0.5, 0.6) is 0 Å². The number of halogens is 1. The van der Waals surface area contributed by atoms with E-state index in [1.54, 1.807) is 6.92 Å². The number of hydrogen-bond acceptors (Lipinski definition) is 5. The number of carbonyl (C=O) groups is 1. The molecule has 7 heteroatoms. The van der Waals surface area contributed by atoms with Crippen molar-refractivity contribution in [2.45, 2.75) is 13.0 Å². The molecule has 1 aliphatic heterocycles. The highest BCUT2D eigenvalue weighted by Crippen LogP contribution is 2.32.